The van der Waals surface area contributed by atoms with Crippen LogP contribution in [0.3, 0.4) is 0 Å². The predicted molar refractivity (Wildman–Crippen MR) is 63.3 cm³/mol. The molecule has 4 heteroatoms. The Balaban J connectivity index is 2.45. The third-order valence-corrected chi connectivity index (χ3v) is 2.72. The van der Waals surface area contributed by atoms with Gasteiger partial charge >= 0.3 is 0 Å². The van der Waals surface area contributed by atoms with Gasteiger partial charge in [-0.2, -0.15) is 0 Å². The monoisotopic (exact) mass is 213 g/mol. The highest BCUT2D eigenvalue weighted by molar-refractivity contribution is 5.80. The first-order chi connectivity index (χ1) is 7.31. The highest BCUT2D eigenvalue weighted by Crippen LogP contribution is 2.12. The van der Waals surface area contributed by atoms with E-state index in [4.69, 9.17) is 4.74 Å². The van der Waals surface area contributed by atoms with Gasteiger partial charge in [0.2, 0.25) is 0 Å². The Hall–Kier alpha value is -0.770. The molecule has 0 saturated carbocycles. The van der Waals surface area contributed by atoms with E-state index in [1.807, 2.05) is 0 Å². The van der Waals surface area contributed by atoms with E-state index in [0.29, 0.717) is 6.10 Å². The number of hydrogen-bond acceptors (Lipinski definition) is 2. The van der Waals surface area contributed by atoms with Gasteiger partial charge in [0, 0.05) is 33.3 Å². The number of ether oxygens (including phenoxy) is 1. The predicted octanol–water partition coefficient (Wildman–Crippen LogP) is 1.08. The Morgan fingerprint density at radius 2 is 2.07 bits per heavy atom. The van der Waals surface area contributed by atoms with Crippen molar-refractivity contribution in [2.75, 3.05) is 33.3 Å². The number of hydrogen-bond donors (Lipinski definition) is 1. The number of methoxy groups -OCH3 is 1. The van der Waals surface area contributed by atoms with Crippen molar-refractivity contribution in [3.8, 4) is 0 Å². The number of piperidine rings is 1. The van der Waals surface area contributed by atoms with E-state index < -0.39 is 0 Å². The summed E-state index contributed by atoms with van der Waals surface area (Å²) in [4.78, 5) is 6.80. The lowest BCUT2D eigenvalue weighted by Crippen LogP contribution is -2.46. The number of guanidine groups is 1. The third kappa shape index (κ3) is 3.70. The largest absolute Gasteiger partial charge is 0.381 e. The molecule has 0 aliphatic carbocycles. The second-order valence-electron chi connectivity index (χ2n) is 3.75. The van der Waals surface area contributed by atoms with Crippen LogP contribution in [0.25, 0.3) is 0 Å². The zero-order chi connectivity index (χ0) is 11.1. The van der Waals surface area contributed by atoms with E-state index in [-0.39, 0.29) is 0 Å². The number of rotatable bonds is 3. The first-order valence-corrected chi connectivity index (χ1v) is 5.87. The molecular formula is C11H23N3O. The van der Waals surface area contributed by atoms with Crippen LogP contribution >= 0.6 is 0 Å². The minimum atomic E-state index is 0.436. The van der Waals surface area contributed by atoms with Crippen LogP contribution < -0.4 is 5.32 Å². The van der Waals surface area contributed by atoms with Gasteiger partial charge in [-0.15, -0.1) is 0 Å². The molecule has 88 valence electrons. The highest BCUT2D eigenvalue weighted by atomic mass is 16.5. The average molecular weight is 213 g/mol. The van der Waals surface area contributed by atoms with Gasteiger partial charge in [-0.25, -0.2) is 0 Å². The first kappa shape index (κ1) is 12.3. The van der Waals surface area contributed by atoms with Gasteiger partial charge < -0.3 is 15.0 Å². The molecule has 1 aliphatic rings. The van der Waals surface area contributed by atoms with E-state index in [9.17, 15) is 0 Å². The molecule has 1 N–H and O–H groups in total. The van der Waals surface area contributed by atoms with Crippen molar-refractivity contribution in [2.24, 2.45) is 4.99 Å². The van der Waals surface area contributed by atoms with Crippen molar-refractivity contribution in [3.63, 3.8) is 0 Å². The molecule has 15 heavy (non-hydrogen) atoms. The van der Waals surface area contributed by atoms with Gasteiger partial charge in [0.15, 0.2) is 5.96 Å². The maximum atomic E-state index is 5.35. The van der Waals surface area contributed by atoms with Crippen molar-refractivity contribution >= 4 is 5.96 Å². The van der Waals surface area contributed by atoms with Crippen LogP contribution in [0.15, 0.2) is 4.99 Å². The topological polar surface area (TPSA) is 36.9 Å². The third-order valence-electron chi connectivity index (χ3n) is 2.72. The van der Waals surface area contributed by atoms with Crippen molar-refractivity contribution < 1.29 is 4.74 Å². The molecule has 0 unspecified atom stereocenters. The Morgan fingerprint density at radius 1 is 1.40 bits per heavy atom. The summed E-state index contributed by atoms with van der Waals surface area (Å²) in [5, 5.41) is 3.32. The number of nitrogens with zero attached hydrogens (tertiary/aromatic N) is 2. The molecule has 0 bridgehead atoms. The number of nitrogens with one attached hydrogen (secondary N) is 1. The fourth-order valence-electron chi connectivity index (χ4n) is 1.88. The average Bonchev–Trinajstić information content (AvgIpc) is 2.29. The zero-order valence-electron chi connectivity index (χ0n) is 10.1. The Kier molecular flexibility index (Phi) is 5.47. The van der Waals surface area contributed by atoms with Crippen LogP contribution in [0.2, 0.25) is 0 Å². The summed E-state index contributed by atoms with van der Waals surface area (Å²) in [5.74, 6) is 1.05. The highest BCUT2D eigenvalue weighted by Gasteiger charge is 2.20. The molecule has 0 spiro atoms. The van der Waals surface area contributed by atoms with Crippen molar-refractivity contribution in [3.05, 3.63) is 0 Å². The molecule has 0 aromatic heterocycles. The molecule has 1 rings (SSSR count). The lowest BCUT2D eigenvalue weighted by atomic mass is 10.1. The van der Waals surface area contributed by atoms with E-state index in [1.54, 1.807) is 7.11 Å². The number of aliphatic imine (C=N–C) groups is 1. The minimum Gasteiger partial charge on any atom is -0.381 e. The molecule has 0 atom stereocenters. The minimum absolute atomic E-state index is 0.436. The first-order valence-electron chi connectivity index (χ1n) is 5.87. The lowest BCUT2D eigenvalue weighted by Gasteiger charge is -2.33. The van der Waals surface area contributed by atoms with Gasteiger partial charge in [0.05, 0.1) is 6.10 Å². The maximum absolute atomic E-state index is 5.35. The number of likely N-dealkylation sites (tertiary alicyclic amines) is 1. The van der Waals surface area contributed by atoms with Gasteiger partial charge in [-0.1, -0.05) is 0 Å². The molecule has 0 aromatic carbocycles. The van der Waals surface area contributed by atoms with E-state index in [0.717, 1.165) is 45.0 Å². The summed E-state index contributed by atoms with van der Waals surface area (Å²) in [6.45, 7) is 8.04. The van der Waals surface area contributed by atoms with Crippen LogP contribution in [0.4, 0.5) is 0 Å². The summed E-state index contributed by atoms with van der Waals surface area (Å²) in [7, 11) is 1.80. The molecular weight excluding hydrogens is 190 g/mol. The van der Waals surface area contributed by atoms with E-state index >= 15 is 0 Å². The summed E-state index contributed by atoms with van der Waals surface area (Å²) in [5.41, 5.74) is 0. The smallest absolute Gasteiger partial charge is 0.193 e. The molecule has 0 radical (unpaired) electrons. The van der Waals surface area contributed by atoms with Crippen LogP contribution in [-0.2, 0) is 4.74 Å². The van der Waals surface area contributed by atoms with Gasteiger partial charge in [-0.3, -0.25) is 4.99 Å². The van der Waals surface area contributed by atoms with Crippen molar-refractivity contribution in [1.29, 1.82) is 0 Å². The fourth-order valence-corrected chi connectivity index (χ4v) is 1.88. The Labute approximate surface area is 92.7 Å². The van der Waals surface area contributed by atoms with Gasteiger partial charge in [0.25, 0.3) is 0 Å². The summed E-state index contributed by atoms with van der Waals surface area (Å²) >= 11 is 0. The lowest BCUT2D eigenvalue weighted by molar-refractivity contribution is 0.0571. The molecule has 1 saturated heterocycles. The van der Waals surface area contributed by atoms with Gasteiger partial charge in [0.1, 0.15) is 0 Å². The van der Waals surface area contributed by atoms with Crippen molar-refractivity contribution in [2.45, 2.75) is 32.8 Å². The van der Waals surface area contributed by atoms with Crippen LogP contribution in [0, 0.1) is 0 Å². The molecule has 0 amide bonds. The van der Waals surface area contributed by atoms with Gasteiger partial charge in [-0.05, 0) is 26.7 Å². The molecule has 1 aliphatic heterocycles. The SMILES string of the molecule is CCN=C(NCC)N1CCC(OC)CC1. The quantitative estimate of drug-likeness (QED) is 0.563. The summed E-state index contributed by atoms with van der Waals surface area (Å²) in [6.07, 6.45) is 2.64. The standard InChI is InChI=1S/C11H23N3O/c1-4-12-11(13-5-2)14-8-6-10(15-3)7-9-14/h10H,4-9H2,1-3H3,(H,12,13). The van der Waals surface area contributed by atoms with E-state index in [1.165, 1.54) is 0 Å². The Morgan fingerprint density at radius 3 is 2.53 bits per heavy atom. The Bertz CT molecular complexity index is 198. The van der Waals surface area contributed by atoms with Crippen molar-refractivity contribution in [1.82, 2.24) is 10.2 Å². The molecule has 1 heterocycles. The second-order valence-corrected chi connectivity index (χ2v) is 3.75. The normalized spacial score (nSPS) is 19.4. The molecule has 4 nitrogen and oxygen atoms in total. The summed E-state index contributed by atoms with van der Waals surface area (Å²) in [6, 6.07) is 0. The zero-order valence-corrected chi connectivity index (χ0v) is 10.1. The van der Waals surface area contributed by atoms with Crippen LogP contribution in [-0.4, -0.2) is 50.3 Å². The van der Waals surface area contributed by atoms with Crippen LogP contribution in [0.1, 0.15) is 26.7 Å². The molecule has 0 aromatic rings. The fraction of sp³-hybridized carbons (Fsp3) is 0.909. The van der Waals surface area contributed by atoms with E-state index in [2.05, 4.69) is 29.1 Å². The second kappa shape index (κ2) is 6.67. The molecule has 1 fully saturated rings. The van der Waals surface area contributed by atoms with Crippen LogP contribution in [0.5, 0.6) is 0 Å². The summed E-state index contributed by atoms with van der Waals surface area (Å²) < 4.78 is 5.35. The maximum Gasteiger partial charge on any atom is 0.193 e.